The minimum atomic E-state index is -0.337. The molecule has 18 heavy (non-hydrogen) atoms. The highest BCUT2D eigenvalue weighted by Gasteiger charge is 2.10. The van der Waals surface area contributed by atoms with Crippen molar-refractivity contribution in [3.63, 3.8) is 0 Å². The number of hydrogen-bond donors (Lipinski definition) is 2. The van der Waals surface area contributed by atoms with Crippen LogP contribution in [0.5, 0.6) is 0 Å². The van der Waals surface area contributed by atoms with E-state index in [1.54, 1.807) is 19.1 Å². The van der Waals surface area contributed by atoms with E-state index in [4.69, 9.17) is 0 Å². The molecule has 2 rings (SSSR count). The van der Waals surface area contributed by atoms with Gasteiger partial charge in [-0.05, 0) is 31.5 Å². The van der Waals surface area contributed by atoms with Crippen molar-refractivity contribution in [2.45, 2.75) is 20.3 Å². The average molecular weight is 247 g/mol. The van der Waals surface area contributed by atoms with Crippen LogP contribution < -0.4 is 5.32 Å². The largest absolute Gasteiger partial charge is 0.323 e. The van der Waals surface area contributed by atoms with Crippen LogP contribution in [0.3, 0.4) is 0 Å². The molecular weight excluding hydrogens is 233 g/mol. The Kier molecular flexibility index (Phi) is 3.41. The van der Waals surface area contributed by atoms with Crippen molar-refractivity contribution in [3.8, 4) is 0 Å². The smallest absolute Gasteiger partial charge is 0.228 e. The van der Waals surface area contributed by atoms with Gasteiger partial charge in [-0.15, -0.1) is 0 Å². The van der Waals surface area contributed by atoms with Crippen molar-refractivity contribution in [2.75, 3.05) is 5.32 Å². The summed E-state index contributed by atoms with van der Waals surface area (Å²) in [6.45, 7) is 3.64. The summed E-state index contributed by atoms with van der Waals surface area (Å²) in [6.07, 6.45) is 0.141. The van der Waals surface area contributed by atoms with Crippen molar-refractivity contribution in [1.82, 2.24) is 10.2 Å². The van der Waals surface area contributed by atoms with E-state index >= 15 is 0 Å². The molecule has 0 aliphatic carbocycles. The normalized spacial score (nSPS) is 10.4. The molecule has 2 N–H and O–H groups in total. The minimum absolute atomic E-state index is 0.141. The van der Waals surface area contributed by atoms with Crippen molar-refractivity contribution in [3.05, 3.63) is 47.0 Å². The second-order valence-corrected chi connectivity index (χ2v) is 4.16. The number of aromatic amines is 1. The van der Waals surface area contributed by atoms with Crippen molar-refractivity contribution >= 4 is 11.6 Å². The molecule has 0 aliphatic heterocycles. The Morgan fingerprint density at radius 3 is 2.83 bits per heavy atom. The summed E-state index contributed by atoms with van der Waals surface area (Å²) in [6, 6.07) is 6.02. The molecule has 0 bridgehead atoms. The third-order valence-electron chi connectivity index (χ3n) is 2.65. The van der Waals surface area contributed by atoms with Gasteiger partial charge in [-0.1, -0.05) is 12.1 Å². The number of halogens is 1. The second-order valence-electron chi connectivity index (χ2n) is 4.16. The molecule has 4 nitrogen and oxygen atoms in total. The zero-order valence-corrected chi connectivity index (χ0v) is 10.2. The first-order valence-electron chi connectivity index (χ1n) is 5.62. The predicted molar refractivity (Wildman–Crippen MR) is 66.8 cm³/mol. The molecule has 1 amide bonds. The van der Waals surface area contributed by atoms with E-state index in [2.05, 4.69) is 15.5 Å². The first kappa shape index (κ1) is 12.3. The van der Waals surface area contributed by atoms with Crippen molar-refractivity contribution in [2.24, 2.45) is 0 Å². The van der Waals surface area contributed by atoms with Crippen LogP contribution in [0.2, 0.25) is 0 Å². The molecule has 2 aromatic rings. The summed E-state index contributed by atoms with van der Waals surface area (Å²) >= 11 is 0. The zero-order valence-electron chi connectivity index (χ0n) is 10.2. The fraction of sp³-hybridized carbons (Fsp3) is 0.231. The van der Waals surface area contributed by atoms with E-state index in [0.29, 0.717) is 11.3 Å². The van der Waals surface area contributed by atoms with Gasteiger partial charge in [0, 0.05) is 0 Å². The summed E-state index contributed by atoms with van der Waals surface area (Å²) in [5, 5.41) is 9.55. The number of carbonyl (C=O) groups excluding carboxylic acids is 1. The summed E-state index contributed by atoms with van der Waals surface area (Å²) in [5.41, 5.74) is 2.88. The lowest BCUT2D eigenvalue weighted by atomic mass is 10.1. The Labute approximate surface area is 104 Å². The van der Waals surface area contributed by atoms with Crippen LogP contribution in [0, 0.1) is 19.7 Å². The summed E-state index contributed by atoms with van der Waals surface area (Å²) in [4.78, 5) is 11.8. The number of hydrogen-bond acceptors (Lipinski definition) is 2. The van der Waals surface area contributed by atoms with Crippen molar-refractivity contribution in [1.29, 1.82) is 0 Å². The first-order chi connectivity index (χ1) is 8.56. The first-order valence-corrected chi connectivity index (χ1v) is 5.62. The molecule has 5 heteroatoms. The zero-order chi connectivity index (χ0) is 13.1. The number of aromatic nitrogens is 2. The number of anilines is 1. The number of rotatable bonds is 3. The Balaban J connectivity index is 2.06. The summed E-state index contributed by atoms with van der Waals surface area (Å²) in [5.74, 6) is -0.524. The molecule has 1 heterocycles. The van der Waals surface area contributed by atoms with Gasteiger partial charge in [0.2, 0.25) is 5.91 Å². The monoisotopic (exact) mass is 247 g/mol. The Hall–Kier alpha value is -2.17. The number of H-pyrrole nitrogens is 1. The van der Waals surface area contributed by atoms with E-state index < -0.39 is 0 Å². The van der Waals surface area contributed by atoms with E-state index in [9.17, 15) is 9.18 Å². The van der Waals surface area contributed by atoms with Gasteiger partial charge in [-0.2, -0.15) is 5.10 Å². The van der Waals surface area contributed by atoms with E-state index in [1.165, 1.54) is 12.1 Å². The van der Waals surface area contributed by atoms with Gasteiger partial charge in [-0.25, -0.2) is 4.39 Å². The highest BCUT2D eigenvalue weighted by atomic mass is 19.1. The molecule has 0 spiro atoms. The van der Waals surface area contributed by atoms with Gasteiger partial charge in [0.1, 0.15) is 5.82 Å². The SMILES string of the molecule is Cc1n[nH]c(C)c1NC(=O)Cc1cccc(F)c1. The van der Waals surface area contributed by atoms with E-state index in [-0.39, 0.29) is 18.1 Å². The molecule has 94 valence electrons. The van der Waals surface area contributed by atoms with Crippen molar-refractivity contribution < 1.29 is 9.18 Å². The lowest BCUT2D eigenvalue weighted by molar-refractivity contribution is -0.115. The third kappa shape index (κ3) is 2.74. The maximum absolute atomic E-state index is 13.0. The van der Waals surface area contributed by atoms with Crippen LogP contribution in [0.1, 0.15) is 17.0 Å². The van der Waals surface area contributed by atoms with Gasteiger partial charge in [0.15, 0.2) is 0 Å². The molecule has 0 atom stereocenters. The summed E-state index contributed by atoms with van der Waals surface area (Å²) in [7, 11) is 0. The van der Waals surface area contributed by atoms with Gasteiger partial charge < -0.3 is 5.32 Å². The molecule has 0 saturated heterocycles. The lowest BCUT2D eigenvalue weighted by Crippen LogP contribution is -2.15. The molecule has 0 radical (unpaired) electrons. The fourth-order valence-electron chi connectivity index (χ4n) is 1.75. The number of aryl methyl sites for hydroxylation is 2. The Morgan fingerprint density at radius 2 is 2.22 bits per heavy atom. The molecule has 1 aromatic heterocycles. The second kappa shape index (κ2) is 5.00. The van der Waals surface area contributed by atoms with Gasteiger partial charge >= 0.3 is 0 Å². The lowest BCUT2D eigenvalue weighted by Gasteiger charge is -2.05. The number of benzene rings is 1. The van der Waals surface area contributed by atoms with E-state index in [0.717, 1.165) is 11.4 Å². The molecule has 0 unspecified atom stereocenters. The molecule has 0 saturated carbocycles. The van der Waals surface area contributed by atoms with Crippen LogP contribution in [-0.2, 0) is 11.2 Å². The number of nitrogens with one attached hydrogen (secondary N) is 2. The average Bonchev–Trinajstić information content (AvgIpc) is 2.61. The van der Waals surface area contributed by atoms with Gasteiger partial charge in [0.05, 0.1) is 23.5 Å². The summed E-state index contributed by atoms with van der Waals surface area (Å²) < 4.78 is 13.0. The van der Waals surface area contributed by atoms with Crippen LogP contribution in [0.4, 0.5) is 10.1 Å². The minimum Gasteiger partial charge on any atom is -0.323 e. The standard InChI is InChI=1S/C13H14FN3O/c1-8-13(9(2)17-16-8)15-12(18)7-10-4-3-5-11(14)6-10/h3-6H,7H2,1-2H3,(H,15,18)(H,16,17). The number of nitrogens with zero attached hydrogens (tertiary/aromatic N) is 1. The van der Waals surface area contributed by atoms with Crippen LogP contribution in [0.25, 0.3) is 0 Å². The molecule has 0 fully saturated rings. The quantitative estimate of drug-likeness (QED) is 0.874. The van der Waals surface area contributed by atoms with Crippen LogP contribution in [0.15, 0.2) is 24.3 Å². The number of carbonyl (C=O) groups is 1. The maximum atomic E-state index is 13.0. The Morgan fingerprint density at radius 1 is 1.44 bits per heavy atom. The third-order valence-corrected chi connectivity index (χ3v) is 2.65. The number of amides is 1. The highest BCUT2D eigenvalue weighted by Crippen LogP contribution is 2.16. The van der Waals surface area contributed by atoms with E-state index in [1.807, 2.05) is 6.92 Å². The topological polar surface area (TPSA) is 57.8 Å². The van der Waals surface area contributed by atoms with Gasteiger partial charge in [-0.3, -0.25) is 9.89 Å². The predicted octanol–water partition coefficient (Wildman–Crippen LogP) is 2.35. The van der Waals surface area contributed by atoms with Crippen LogP contribution in [-0.4, -0.2) is 16.1 Å². The fourth-order valence-corrected chi connectivity index (χ4v) is 1.75. The maximum Gasteiger partial charge on any atom is 0.228 e. The highest BCUT2D eigenvalue weighted by molar-refractivity contribution is 5.93. The molecule has 1 aromatic carbocycles. The van der Waals surface area contributed by atoms with Gasteiger partial charge in [0.25, 0.3) is 0 Å². The van der Waals surface area contributed by atoms with Crippen LogP contribution >= 0.6 is 0 Å². The Bertz CT molecular complexity index is 558. The molecular formula is C13H14FN3O. The molecule has 0 aliphatic rings.